The van der Waals surface area contributed by atoms with Crippen molar-refractivity contribution in [3.8, 4) is 0 Å². The number of aromatic nitrogens is 1. The van der Waals surface area contributed by atoms with Crippen LogP contribution in [0.2, 0.25) is 0 Å². The van der Waals surface area contributed by atoms with Gasteiger partial charge in [0, 0.05) is 17.5 Å². The van der Waals surface area contributed by atoms with Crippen molar-refractivity contribution in [2.24, 2.45) is 0 Å². The summed E-state index contributed by atoms with van der Waals surface area (Å²) in [6.45, 7) is 7.42. The summed E-state index contributed by atoms with van der Waals surface area (Å²) in [6.07, 6.45) is 2.64. The Morgan fingerprint density at radius 3 is 2.89 bits per heavy atom. The molecule has 0 saturated heterocycles. The van der Waals surface area contributed by atoms with E-state index in [-0.39, 0.29) is 5.92 Å². The van der Waals surface area contributed by atoms with Crippen molar-refractivity contribution >= 4 is 22.4 Å². The molecule has 100 valence electrons. The summed E-state index contributed by atoms with van der Waals surface area (Å²) in [5.41, 5.74) is 0.809. The van der Waals surface area contributed by atoms with Gasteiger partial charge in [0.25, 0.3) is 0 Å². The lowest BCUT2D eigenvalue weighted by Crippen LogP contribution is -2.31. The average molecular weight is 268 g/mol. The number of carbonyl (C=O) groups is 1. The summed E-state index contributed by atoms with van der Waals surface area (Å²) < 4.78 is 0. The number of aryl methyl sites for hydroxylation is 1. The molecule has 0 saturated carbocycles. The lowest BCUT2D eigenvalue weighted by Gasteiger charge is -2.25. The number of nitrogens with zero attached hydrogens (tertiary/aromatic N) is 2. The van der Waals surface area contributed by atoms with E-state index < -0.39 is 5.97 Å². The van der Waals surface area contributed by atoms with Gasteiger partial charge in [-0.15, -0.1) is 11.3 Å². The molecule has 0 spiro atoms. The maximum absolute atomic E-state index is 11.2. The van der Waals surface area contributed by atoms with Gasteiger partial charge in [0.2, 0.25) is 0 Å². The highest BCUT2D eigenvalue weighted by molar-refractivity contribution is 7.15. The second-order valence-corrected chi connectivity index (χ2v) is 6.08. The van der Waals surface area contributed by atoms with E-state index >= 15 is 0 Å². The Hall–Kier alpha value is -1.10. The molecular weight excluding hydrogens is 248 g/mol. The summed E-state index contributed by atoms with van der Waals surface area (Å²) in [5.74, 6) is -1.13. The SMILES string of the molecule is CCCN(c1nc2c(s1)CCC2C(=O)O)C(C)C. The second-order valence-electron chi connectivity index (χ2n) is 5.02. The Labute approximate surface area is 112 Å². The number of fused-ring (bicyclic) bond motifs is 1. The predicted octanol–water partition coefficient (Wildman–Crippen LogP) is 2.88. The molecule has 1 N–H and O–H groups in total. The molecule has 0 radical (unpaired) electrons. The lowest BCUT2D eigenvalue weighted by molar-refractivity contribution is -0.138. The van der Waals surface area contributed by atoms with E-state index in [0.29, 0.717) is 12.5 Å². The van der Waals surface area contributed by atoms with Crippen molar-refractivity contribution < 1.29 is 9.90 Å². The number of aliphatic carboxylic acids is 1. The minimum Gasteiger partial charge on any atom is -0.481 e. The van der Waals surface area contributed by atoms with E-state index in [1.54, 1.807) is 11.3 Å². The van der Waals surface area contributed by atoms with Crippen molar-refractivity contribution in [1.29, 1.82) is 0 Å². The van der Waals surface area contributed by atoms with Crippen molar-refractivity contribution in [3.05, 3.63) is 10.6 Å². The summed E-state index contributed by atoms with van der Waals surface area (Å²) >= 11 is 1.67. The maximum Gasteiger partial charge on any atom is 0.312 e. The van der Waals surface area contributed by atoms with Crippen molar-refractivity contribution in [2.75, 3.05) is 11.4 Å². The molecule has 0 bridgehead atoms. The normalized spacial score (nSPS) is 18.1. The van der Waals surface area contributed by atoms with Crippen LogP contribution in [0.25, 0.3) is 0 Å². The predicted molar refractivity (Wildman–Crippen MR) is 73.6 cm³/mol. The van der Waals surface area contributed by atoms with Crippen molar-refractivity contribution in [3.63, 3.8) is 0 Å². The number of carboxylic acids is 1. The van der Waals surface area contributed by atoms with Gasteiger partial charge < -0.3 is 10.0 Å². The Morgan fingerprint density at radius 2 is 2.33 bits per heavy atom. The fourth-order valence-corrected chi connectivity index (χ4v) is 3.69. The molecule has 1 aliphatic rings. The van der Waals surface area contributed by atoms with Crippen LogP contribution in [0.4, 0.5) is 5.13 Å². The first-order valence-electron chi connectivity index (χ1n) is 6.53. The van der Waals surface area contributed by atoms with E-state index in [2.05, 4.69) is 30.7 Å². The third kappa shape index (κ3) is 2.36. The summed E-state index contributed by atoms with van der Waals surface area (Å²) in [6, 6.07) is 0.402. The number of hydrogen-bond donors (Lipinski definition) is 1. The zero-order chi connectivity index (χ0) is 13.3. The highest BCUT2D eigenvalue weighted by Crippen LogP contribution is 2.39. The third-order valence-corrected chi connectivity index (χ3v) is 4.51. The number of rotatable bonds is 5. The molecule has 5 heteroatoms. The molecule has 2 rings (SSSR count). The summed E-state index contributed by atoms with van der Waals surface area (Å²) in [5, 5.41) is 10.2. The molecule has 18 heavy (non-hydrogen) atoms. The van der Waals surface area contributed by atoms with E-state index in [0.717, 1.165) is 30.2 Å². The molecule has 0 amide bonds. The van der Waals surface area contributed by atoms with E-state index in [1.807, 2.05) is 0 Å². The van der Waals surface area contributed by atoms with Crippen LogP contribution >= 0.6 is 11.3 Å². The Balaban J connectivity index is 2.27. The van der Waals surface area contributed by atoms with E-state index in [1.165, 1.54) is 4.88 Å². The Morgan fingerprint density at radius 1 is 1.61 bits per heavy atom. The monoisotopic (exact) mass is 268 g/mol. The second kappa shape index (κ2) is 5.26. The first-order valence-corrected chi connectivity index (χ1v) is 7.35. The molecule has 4 nitrogen and oxygen atoms in total. The average Bonchev–Trinajstić information content (AvgIpc) is 2.83. The third-order valence-electron chi connectivity index (χ3n) is 3.34. The van der Waals surface area contributed by atoms with Gasteiger partial charge in [0.05, 0.1) is 5.69 Å². The van der Waals surface area contributed by atoms with Gasteiger partial charge in [-0.25, -0.2) is 4.98 Å². The van der Waals surface area contributed by atoms with Crippen LogP contribution in [0, 0.1) is 0 Å². The Bertz CT molecular complexity index is 442. The molecule has 0 aliphatic heterocycles. The highest BCUT2D eigenvalue weighted by atomic mass is 32.1. The summed E-state index contributed by atoms with van der Waals surface area (Å²) in [4.78, 5) is 19.2. The number of carboxylic acid groups (broad SMARTS) is 1. The first-order chi connectivity index (χ1) is 8.54. The lowest BCUT2D eigenvalue weighted by atomic mass is 10.1. The minimum absolute atomic E-state index is 0.388. The minimum atomic E-state index is -0.739. The topological polar surface area (TPSA) is 53.4 Å². The van der Waals surface area contributed by atoms with E-state index in [4.69, 9.17) is 0 Å². The fraction of sp³-hybridized carbons (Fsp3) is 0.692. The van der Waals surface area contributed by atoms with Crippen LogP contribution in [-0.2, 0) is 11.2 Å². The number of anilines is 1. The van der Waals surface area contributed by atoms with E-state index in [9.17, 15) is 9.90 Å². The van der Waals surface area contributed by atoms with Gasteiger partial charge in [0.15, 0.2) is 5.13 Å². The largest absolute Gasteiger partial charge is 0.481 e. The van der Waals surface area contributed by atoms with Gasteiger partial charge in [-0.1, -0.05) is 6.92 Å². The van der Waals surface area contributed by atoms with Crippen LogP contribution < -0.4 is 4.90 Å². The molecule has 1 atom stereocenters. The molecule has 1 aromatic rings. The molecule has 0 fully saturated rings. The maximum atomic E-state index is 11.2. The number of thiazole rings is 1. The number of hydrogen-bond acceptors (Lipinski definition) is 4. The zero-order valence-corrected chi connectivity index (χ0v) is 12.0. The van der Waals surface area contributed by atoms with Crippen LogP contribution in [0.5, 0.6) is 0 Å². The molecule has 1 aromatic heterocycles. The fourth-order valence-electron chi connectivity index (χ4n) is 2.39. The highest BCUT2D eigenvalue weighted by Gasteiger charge is 2.33. The summed E-state index contributed by atoms with van der Waals surface area (Å²) in [7, 11) is 0. The quantitative estimate of drug-likeness (QED) is 0.892. The molecule has 1 heterocycles. The molecule has 1 aliphatic carbocycles. The van der Waals surface area contributed by atoms with Crippen molar-refractivity contribution in [2.45, 2.75) is 52.0 Å². The van der Waals surface area contributed by atoms with Gasteiger partial charge in [-0.3, -0.25) is 4.79 Å². The standard InChI is InChI=1S/C13H20N2O2S/c1-4-7-15(8(2)3)13-14-11-9(12(16)17)5-6-10(11)18-13/h8-9H,4-7H2,1-3H3,(H,16,17). The van der Waals surface area contributed by atoms with Crippen LogP contribution in [0.3, 0.4) is 0 Å². The molecule has 0 aromatic carbocycles. The van der Waals surface area contributed by atoms with Crippen LogP contribution in [0.15, 0.2) is 0 Å². The van der Waals surface area contributed by atoms with Gasteiger partial charge in [-0.2, -0.15) is 0 Å². The van der Waals surface area contributed by atoms with Gasteiger partial charge in [-0.05, 0) is 33.1 Å². The first kappa shape index (κ1) is 13.3. The van der Waals surface area contributed by atoms with Crippen LogP contribution in [-0.4, -0.2) is 28.6 Å². The van der Waals surface area contributed by atoms with Crippen molar-refractivity contribution in [1.82, 2.24) is 4.98 Å². The van der Waals surface area contributed by atoms with Gasteiger partial charge in [0.1, 0.15) is 5.92 Å². The zero-order valence-electron chi connectivity index (χ0n) is 11.1. The van der Waals surface area contributed by atoms with Gasteiger partial charge >= 0.3 is 5.97 Å². The van der Waals surface area contributed by atoms with Crippen LogP contribution in [0.1, 0.15) is 50.1 Å². The molecule has 1 unspecified atom stereocenters. The smallest absolute Gasteiger partial charge is 0.312 e. The molecular formula is C13H20N2O2S. The Kier molecular flexibility index (Phi) is 3.90.